The van der Waals surface area contributed by atoms with Crippen molar-refractivity contribution in [1.29, 1.82) is 5.26 Å². The molecule has 0 aliphatic heterocycles. The van der Waals surface area contributed by atoms with Crippen LogP contribution in [0, 0.1) is 11.3 Å². The largest absolute Gasteiger partial charge is 0.455 e. The number of para-hydroxylation sites is 4. The lowest BCUT2D eigenvalue weighted by molar-refractivity contribution is 0.669. The number of fused-ring (bicyclic) bond motifs is 10. The Morgan fingerprint density at radius 3 is 1.74 bits per heavy atom. The van der Waals surface area contributed by atoms with E-state index in [2.05, 4.69) is 65.2 Å². The Morgan fingerprint density at radius 1 is 0.429 bits per heavy atom. The molecule has 0 bridgehead atoms. The van der Waals surface area contributed by atoms with E-state index >= 15 is 0 Å². The normalized spacial score (nSPS) is 11.7. The predicted molar refractivity (Wildman–Crippen MR) is 289 cm³/mol. The highest BCUT2D eigenvalue weighted by molar-refractivity contribution is 6.68. The topological polar surface area (TPSA) is 85.5 Å². The number of hydrogen-bond acceptors (Lipinski definition) is 5. The molecule has 7 nitrogen and oxygen atoms in total. The maximum atomic E-state index is 11.2. The first kappa shape index (κ1) is 41.4. The van der Waals surface area contributed by atoms with Crippen molar-refractivity contribution in [2.24, 2.45) is 0 Å². The van der Waals surface area contributed by atoms with E-state index in [9.17, 15) is 5.26 Å². The second-order valence-corrected chi connectivity index (χ2v) is 17.4. The van der Waals surface area contributed by atoms with Gasteiger partial charge in [-0.25, -0.2) is 15.0 Å². The van der Waals surface area contributed by atoms with Crippen molar-refractivity contribution in [3.63, 3.8) is 0 Å². The molecule has 0 saturated carbocycles. The van der Waals surface area contributed by atoms with Crippen LogP contribution >= 0.6 is 0 Å². The third kappa shape index (κ3) is 6.18. The highest BCUT2D eigenvalue weighted by atomic mass is 16.3. The minimum absolute atomic E-state index is 0.139. The Labute approximate surface area is 408 Å². The van der Waals surface area contributed by atoms with Gasteiger partial charge in [-0.3, -0.25) is 0 Å². The first-order valence-corrected chi connectivity index (χ1v) is 22.6. The van der Waals surface area contributed by atoms with Crippen molar-refractivity contribution in [3.05, 3.63) is 181 Å². The first-order chi connectivity index (χ1) is 34.3. The Balaban J connectivity index is 1.04. The van der Waals surface area contributed by atoms with Gasteiger partial charge in [0, 0.05) is 49.1 Å². The average molecular weight is 880 g/mol. The summed E-state index contributed by atoms with van der Waals surface area (Å²) < 4.78 is 10.6. The zero-order valence-corrected chi connectivity index (χ0v) is 37.2. The summed E-state index contributed by atoms with van der Waals surface area (Å²) in [6.45, 7) is 0. The fraction of sp³-hybridized carbons (Fsp3) is 0. The van der Waals surface area contributed by atoms with Gasteiger partial charge in [0.05, 0.1) is 38.9 Å². The first-order valence-electron chi connectivity index (χ1n) is 22.6. The average Bonchev–Trinajstić information content (AvgIpc) is 4.08. The zero-order valence-electron chi connectivity index (χ0n) is 37.2. The van der Waals surface area contributed by atoms with Crippen LogP contribution in [0.3, 0.4) is 0 Å². The van der Waals surface area contributed by atoms with Crippen LogP contribution in [0.1, 0.15) is 5.56 Å². The van der Waals surface area contributed by atoms with Crippen LogP contribution in [0.25, 0.3) is 122 Å². The standard InChI is InChI=1S/C58H29B5N6O/c59-48-49(60)51(62)54(52(63)50(48)61)69-44-19-8-5-15-40(44)47-45(69)28-26-38-36-13-4-7-18-43(36)68(53(38)47)42-27-25-34(29-35(42)30-64)57-65-56(33-23-21-32(22-24-33)31-11-2-1-3-12-31)66-58(67-57)41-17-10-16-39-37-14-6-9-20-46(37)70-55(39)41/h1-29H. The quantitative estimate of drug-likeness (QED) is 0.157. The number of nitrogens with zero attached hydrogens (tertiary/aromatic N) is 6. The maximum Gasteiger partial charge on any atom is 0.167 e. The third-order valence-corrected chi connectivity index (χ3v) is 13.5. The van der Waals surface area contributed by atoms with Crippen LogP contribution in [-0.4, -0.2) is 63.3 Å². The van der Waals surface area contributed by atoms with Gasteiger partial charge < -0.3 is 13.6 Å². The van der Waals surface area contributed by atoms with E-state index in [1.165, 1.54) is 0 Å². The van der Waals surface area contributed by atoms with E-state index in [0.29, 0.717) is 45.6 Å². The van der Waals surface area contributed by atoms with Crippen LogP contribution in [0.15, 0.2) is 180 Å². The minimum Gasteiger partial charge on any atom is -0.455 e. The van der Waals surface area contributed by atoms with E-state index in [1.54, 1.807) is 0 Å². The minimum atomic E-state index is 0.139. The molecule has 0 N–H and O–H groups in total. The monoisotopic (exact) mass is 880 g/mol. The molecule has 0 aliphatic rings. The smallest absolute Gasteiger partial charge is 0.167 e. The highest BCUT2D eigenvalue weighted by Crippen LogP contribution is 2.43. The predicted octanol–water partition coefficient (Wildman–Crippen LogP) is 8.47. The van der Waals surface area contributed by atoms with Gasteiger partial charge in [-0.05, 0) is 59.7 Å². The van der Waals surface area contributed by atoms with Gasteiger partial charge in [0.1, 0.15) is 56.5 Å². The highest BCUT2D eigenvalue weighted by Gasteiger charge is 2.25. The summed E-state index contributed by atoms with van der Waals surface area (Å²) >= 11 is 0. The lowest BCUT2D eigenvalue weighted by atomic mass is 9.61. The molecule has 0 spiro atoms. The molecule has 0 saturated heterocycles. The summed E-state index contributed by atoms with van der Waals surface area (Å²) in [5, 5.41) is 17.0. The molecular formula is C58H29B5N6O. The molecule has 4 heterocycles. The Kier molecular flexibility index (Phi) is 9.40. The number of furan rings is 1. The van der Waals surface area contributed by atoms with Gasteiger partial charge in [-0.15, -0.1) is 16.4 Å². The van der Waals surface area contributed by atoms with Crippen molar-refractivity contribution in [3.8, 4) is 62.7 Å². The molecule has 4 aromatic heterocycles. The van der Waals surface area contributed by atoms with E-state index in [-0.39, 0.29) is 27.3 Å². The lowest BCUT2D eigenvalue weighted by Crippen LogP contribution is -2.56. The molecule has 13 aromatic rings. The van der Waals surface area contributed by atoms with Crippen LogP contribution < -0.4 is 27.3 Å². The number of hydrogen-bond donors (Lipinski definition) is 0. The second-order valence-electron chi connectivity index (χ2n) is 17.4. The molecule has 0 amide bonds. The van der Waals surface area contributed by atoms with Crippen molar-refractivity contribution in [2.45, 2.75) is 0 Å². The van der Waals surface area contributed by atoms with E-state index in [0.717, 1.165) is 82.2 Å². The fourth-order valence-corrected chi connectivity index (χ4v) is 10.2. The number of aromatic nitrogens is 5. The summed E-state index contributed by atoms with van der Waals surface area (Å²) in [5.74, 6) is 1.31. The third-order valence-electron chi connectivity index (χ3n) is 13.5. The number of rotatable bonds is 6. The summed E-state index contributed by atoms with van der Waals surface area (Å²) in [4.78, 5) is 15.4. The summed E-state index contributed by atoms with van der Waals surface area (Å²) in [6, 6.07) is 61.1. The molecular weight excluding hydrogens is 851 g/mol. The molecule has 0 fully saturated rings. The van der Waals surface area contributed by atoms with Gasteiger partial charge in [0.25, 0.3) is 0 Å². The summed E-state index contributed by atoms with van der Waals surface area (Å²) in [7, 11) is 32.7. The van der Waals surface area contributed by atoms with Crippen molar-refractivity contribution < 1.29 is 4.42 Å². The van der Waals surface area contributed by atoms with Gasteiger partial charge in [0.2, 0.25) is 0 Å². The molecule has 0 atom stereocenters. The summed E-state index contributed by atoms with van der Waals surface area (Å²) in [5.41, 5.74) is 11.6. The van der Waals surface area contributed by atoms with Crippen molar-refractivity contribution in [1.82, 2.24) is 24.1 Å². The molecule has 13 rings (SSSR count). The van der Waals surface area contributed by atoms with E-state index in [4.69, 9.17) is 58.6 Å². The summed E-state index contributed by atoms with van der Waals surface area (Å²) in [6.07, 6.45) is 0. The Bertz CT molecular complexity index is 4350. The SMILES string of the molecule is [B]c1c([B])c([B])c(-n2c3ccccc3c3c2ccc2c4ccccc4n(-c4ccc(-c5nc(-c6ccc(-c7ccccc7)cc6)nc(-c6cccc7c6oc6ccccc67)n5)cc4C#N)c23)c([B])c1[B]. The Morgan fingerprint density at radius 2 is 1.00 bits per heavy atom. The van der Waals surface area contributed by atoms with Crippen LogP contribution in [-0.2, 0) is 0 Å². The van der Waals surface area contributed by atoms with Crippen LogP contribution in [0.2, 0.25) is 0 Å². The molecule has 70 heavy (non-hydrogen) atoms. The Hall–Kier alpha value is -8.80. The van der Waals surface area contributed by atoms with E-state index < -0.39 is 0 Å². The van der Waals surface area contributed by atoms with Crippen LogP contribution in [0.4, 0.5) is 0 Å². The number of nitriles is 1. The van der Waals surface area contributed by atoms with Crippen molar-refractivity contribution >= 4 is 132 Å². The fourth-order valence-electron chi connectivity index (χ4n) is 10.2. The second kappa shape index (κ2) is 15.9. The van der Waals surface area contributed by atoms with E-state index in [1.807, 2.05) is 126 Å². The molecule has 312 valence electrons. The van der Waals surface area contributed by atoms with Crippen molar-refractivity contribution in [2.75, 3.05) is 0 Å². The molecule has 0 aliphatic carbocycles. The molecule has 12 heteroatoms. The molecule has 0 unspecified atom stereocenters. The van der Waals surface area contributed by atoms with Gasteiger partial charge >= 0.3 is 0 Å². The van der Waals surface area contributed by atoms with Gasteiger partial charge in [-0.2, -0.15) is 5.26 Å². The lowest BCUT2D eigenvalue weighted by Gasteiger charge is -2.23. The molecule has 9 aromatic carbocycles. The maximum absolute atomic E-state index is 11.2. The number of benzene rings is 9. The molecule has 10 radical (unpaired) electrons. The van der Waals surface area contributed by atoms with Gasteiger partial charge in [-0.1, -0.05) is 138 Å². The van der Waals surface area contributed by atoms with Crippen LogP contribution in [0.5, 0.6) is 0 Å². The van der Waals surface area contributed by atoms with Gasteiger partial charge in [0.15, 0.2) is 17.5 Å². The zero-order chi connectivity index (χ0) is 47.4.